The van der Waals surface area contributed by atoms with E-state index in [1.807, 2.05) is 24.3 Å². The smallest absolute Gasteiger partial charge is 0.254 e. The molecule has 0 aliphatic carbocycles. The molecular formula is C17H14BrN3O2. The number of anilines is 1. The number of amides is 2. The maximum absolute atomic E-state index is 12.3. The molecule has 0 bridgehead atoms. The zero-order valence-electron chi connectivity index (χ0n) is 12.4. The Balaban J connectivity index is 2.02. The molecule has 0 spiro atoms. The van der Waals surface area contributed by atoms with Crippen molar-refractivity contribution in [1.82, 2.24) is 4.90 Å². The van der Waals surface area contributed by atoms with Gasteiger partial charge in [0.05, 0.1) is 23.9 Å². The third kappa shape index (κ3) is 4.41. The molecule has 2 amide bonds. The SMILES string of the molecule is CN(CC(=O)Nc1ccccc1Br)C(=O)c1cccc(C#N)c1. The van der Waals surface area contributed by atoms with E-state index in [0.717, 1.165) is 4.47 Å². The van der Waals surface area contributed by atoms with Crippen LogP contribution in [-0.4, -0.2) is 30.3 Å². The van der Waals surface area contributed by atoms with Gasteiger partial charge in [-0.15, -0.1) is 0 Å². The molecule has 0 fully saturated rings. The molecule has 0 atom stereocenters. The summed E-state index contributed by atoms with van der Waals surface area (Å²) in [6.45, 7) is -0.0864. The number of likely N-dealkylation sites (N-methyl/N-ethyl adjacent to an activating group) is 1. The minimum atomic E-state index is -0.315. The van der Waals surface area contributed by atoms with Gasteiger partial charge in [0, 0.05) is 17.1 Å². The summed E-state index contributed by atoms with van der Waals surface area (Å²) in [6.07, 6.45) is 0. The third-order valence-corrected chi connectivity index (χ3v) is 3.81. The first-order chi connectivity index (χ1) is 11.0. The summed E-state index contributed by atoms with van der Waals surface area (Å²) in [6, 6.07) is 15.6. The molecule has 0 radical (unpaired) electrons. The number of rotatable bonds is 4. The molecule has 23 heavy (non-hydrogen) atoms. The fraction of sp³-hybridized carbons (Fsp3) is 0.118. The highest BCUT2D eigenvalue weighted by atomic mass is 79.9. The van der Waals surface area contributed by atoms with Crippen molar-refractivity contribution in [2.45, 2.75) is 0 Å². The quantitative estimate of drug-likeness (QED) is 0.897. The fourth-order valence-electron chi connectivity index (χ4n) is 1.98. The van der Waals surface area contributed by atoms with E-state index in [-0.39, 0.29) is 18.4 Å². The minimum absolute atomic E-state index is 0.0864. The first-order valence-electron chi connectivity index (χ1n) is 6.81. The van der Waals surface area contributed by atoms with Gasteiger partial charge in [-0.05, 0) is 46.3 Å². The van der Waals surface area contributed by atoms with Crippen molar-refractivity contribution < 1.29 is 9.59 Å². The first kappa shape index (κ1) is 16.7. The van der Waals surface area contributed by atoms with Crippen molar-refractivity contribution in [1.29, 1.82) is 5.26 Å². The molecule has 6 heteroatoms. The van der Waals surface area contributed by atoms with Crippen LogP contribution in [0.5, 0.6) is 0 Å². The van der Waals surface area contributed by atoms with E-state index in [2.05, 4.69) is 21.2 Å². The van der Waals surface area contributed by atoms with Crippen molar-refractivity contribution in [3.05, 3.63) is 64.1 Å². The minimum Gasteiger partial charge on any atom is -0.332 e. The molecule has 116 valence electrons. The second-order valence-corrected chi connectivity index (χ2v) is 5.74. The highest BCUT2D eigenvalue weighted by Crippen LogP contribution is 2.21. The Morgan fingerprint density at radius 3 is 2.65 bits per heavy atom. The van der Waals surface area contributed by atoms with E-state index in [9.17, 15) is 9.59 Å². The van der Waals surface area contributed by atoms with Crippen molar-refractivity contribution in [3.63, 3.8) is 0 Å². The largest absolute Gasteiger partial charge is 0.332 e. The van der Waals surface area contributed by atoms with E-state index in [1.54, 1.807) is 31.3 Å². The molecule has 2 aromatic carbocycles. The van der Waals surface area contributed by atoms with Gasteiger partial charge in [-0.25, -0.2) is 0 Å². The molecule has 0 aliphatic heterocycles. The Morgan fingerprint density at radius 2 is 1.96 bits per heavy atom. The molecule has 0 aliphatic rings. The number of nitriles is 1. The van der Waals surface area contributed by atoms with Crippen molar-refractivity contribution >= 4 is 33.4 Å². The van der Waals surface area contributed by atoms with E-state index in [0.29, 0.717) is 16.8 Å². The summed E-state index contributed by atoms with van der Waals surface area (Å²) in [4.78, 5) is 25.7. The van der Waals surface area contributed by atoms with Gasteiger partial charge in [0.2, 0.25) is 5.91 Å². The molecule has 0 saturated heterocycles. The lowest BCUT2D eigenvalue weighted by Gasteiger charge is -2.17. The maximum Gasteiger partial charge on any atom is 0.254 e. The molecular weight excluding hydrogens is 358 g/mol. The molecule has 0 heterocycles. The molecule has 2 aromatic rings. The van der Waals surface area contributed by atoms with Gasteiger partial charge in [0.1, 0.15) is 0 Å². The predicted molar refractivity (Wildman–Crippen MR) is 90.9 cm³/mol. The van der Waals surface area contributed by atoms with E-state index in [1.165, 1.54) is 11.0 Å². The zero-order chi connectivity index (χ0) is 16.8. The Hall–Kier alpha value is -2.65. The number of hydrogen-bond donors (Lipinski definition) is 1. The molecule has 1 N–H and O–H groups in total. The van der Waals surface area contributed by atoms with Crippen LogP contribution in [0.3, 0.4) is 0 Å². The van der Waals surface area contributed by atoms with Crippen LogP contribution in [0.2, 0.25) is 0 Å². The normalized spacial score (nSPS) is 9.78. The average molecular weight is 372 g/mol. The topological polar surface area (TPSA) is 73.2 Å². The second kappa shape index (κ2) is 7.56. The summed E-state index contributed by atoms with van der Waals surface area (Å²) < 4.78 is 0.768. The Bertz CT molecular complexity index is 783. The Labute approximate surface area is 142 Å². The van der Waals surface area contributed by atoms with Gasteiger partial charge in [-0.2, -0.15) is 5.26 Å². The first-order valence-corrected chi connectivity index (χ1v) is 7.60. The van der Waals surface area contributed by atoms with E-state index in [4.69, 9.17) is 5.26 Å². The average Bonchev–Trinajstić information content (AvgIpc) is 2.56. The number of carbonyl (C=O) groups excluding carboxylic acids is 2. The predicted octanol–water partition coefficient (Wildman–Crippen LogP) is 3.03. The standard InChI is InChI=1S/C17H14BrN3O2/c1-21(17(23)13-6-4-5-12(9-13)10-19)11-16(22)20-15-8-3-2-7-14(15)18/h2-9H,11H2,1H3,(H,20,22). The highest BCUT2D eigenvalue weighted by Gasteiger charge is 2.16. The number of nitrogens with zero attached hydrogens (tertiary/aromatic N) is 2. The van der Waals surface area contributed by atoms with Crippen LogP contribution in [0.25, 0.3) is 0 Å². The number of halogens is 1. The highest BCUT2D eigenvalue weighted by molar-refractivity contribution is 9.10. The van der Waals surface area contributed by atoms with Crippen LogP contribution < -0.4 is 5.32 Å². The van der Waals surface area contributed by atoms with Crippen molar-refractivity contribution in [2.75, 3.05) is 18.9 Å². The number of benzene rings is 2. The van der Waals surface area contributed by atoms with Gasteiger partial charge < -0.3 is 10.2 Å². The Kier molecular flexibility index (Phi) is 5.50. The lowest BCUT2D eigenvalue weighted by molar-refractivity contribution is -0.116. The van der Waals surface area contributed by atoms with Crippen LogP contribution in [0, 0.1) is 11.3 Å². The van der Waals surface area contributed by atoms with Crippen LogP contribution in [-0.2, 0) is 4.79 Å². The molecule has 2 rings (SSSR count). The summed E-state index contributed by atoms with van der Waals surface area (Å²) in [5, 5.41) is 11.6. The Morgan fingerprint density at radius 1 is 1.22 bits per heavy atom. The third-order valence-electron chi connectivity index (χ3n) is 3.11. The van der Waals surface area contributed by atoms with Crippen molar-refractivity contribution in [3.8, 4) is 6.07 Å². The summed E-state index contributed by atoms with van der Waals surface area (Å²) in [5.41, 5.74) is 1.42. The number of carbonyl (C=O) groups is 2. The van der Waals surface area contributed by atoms with Crippen LogP contribution in [0.15, 0.2) is 53.0 Å². The van der Waals surface area contributed by atoms with Crippen molar-refractivity contribution in [2.24, 2.45) is 0 Å². The van der Waals surface area contributed by atoms with Gasteiger partial charge in [-0.3, -0.25) is 9.59 Å². The van der Waals surface area contributed by atoms with E-state index < -0.39 is 0 Å². The lowest BCUT2D eigenvalue weighted by Crippen LogP contribution is -2.35. The zero-order valence-corrected chi connectivity index (χ0v) is 14.0. The summed E-state index contributed by atoms with van der Waals surface area (Å²) in [5.74, 6) is -0.617. The van der Waals surface area contributed by atoms with Gasteiger partial charge in [-0.1, -0.05) is 18.2 Å². The number of para-hydroxylation sites is 1. The van der Waals surface area contributed by atoms with Gasteiger partial charge in [0.25, 0.3) is 5.91 Å². The molecule has 0 aromatic heterocycles. The maximum atomic E-state index is 12.3. The summed E-state index contributed by atoms with van der Waals surface area (Å²) >= 11 is 3.35. The molecule has 0 unspecified atom stereocenters. The number of hydrogen-bond acceptors (Lipinski definition) is 3. The van der Waals surface area contributed by atoms with E-state index >= 15 is 0 Å². The van der Waals surface area contributed by atoms with Gasteiger partial charge >= 0.3 is 0 Å². The fourth-order valence-corrected chi connectivity index (χ4v) is 2.37. The monoisotopic (exact) mass is 371 g/mol. The molecule has 5 nitrogen and oxygen atoms in total. The van der Waals surface area contributed by atoms with Crippen LogP contribution in [0.1, 0.15) is 15.9 Å². The van der Waals surface area contributed by atoms with Crippen LogP contribution in [0.4, 0.5) is 5.69 Å². The molecule has 0 saturated carbocycles. The number of nitrogens with one attached hydrogen (secondary N) is 1. The lowest BCUT2D eigenvalue weighted by atomic mass is 10.1. The summed E-state index contributed by atoms with van der Waals surface area (Å²) in [7, 11) is 1.54. The van der Waals surface area contributed by atoms with Crippen LogP contribution >= 0.6 is 15.9 Å². The second-order valence-electron chi connectivity index (χ2n) is 4.88. The van der Waals surface area contributed by atoms with Gasteiger partial charge in [0.15, 0.2) is 0 Å².